The largest absolute Gasteiger partial charge is 0.465 e. The van der Waals surface area contributed by atoms with Gasteiger partial charge in [0.05, 0.1) is 21.7 Å². The van der Waals surface area contributed by atoms with Gasteiger partial charge in [0.15, 0.2) is 0 Å². The summed E-state index contributed by atoms with van der Waals surface area (Å²) in [6.07, 6.45) is -0.981. The van der Waals surface area contributed by atoms with Gasteiger partial charge >= 0.3 is 6.09 Å². The van der Waals surface area contributed by atoms with E-state index in [9.17, 15) is 9.59 Å². The Morgan fingerprint density at radius 2 is 2.11 bits per heavy atom. The third kappa shape index (κ3) is 1.84. The zero-order valence-electron chi connectivity index (χ0n) is 9.69. The maximum atomic E-state index is 12.1. The van der Waals surface area contributed by atoms with E-state index in [0.29, 0.717) is 23.7 Å². The fourth-order valence-electron chi connectivity index (χ4n) is 2.77. The standard InChI is InChI=1S/C12H10Cl2N2O3/c13-7-2-1-5-6-3-16(12(18)19)4-8(6)15-11(17)9(5)10(7)14/h1-2,6,8H,3-4H2,(H,15,17)(H,18,19). The summed E-state index contributed by atoms with van der Waals surface area (Å²) in [5.74, 6) is -0.366. The number of fused-ring (bicyclic) bond motifs is 3. The van der Waals surface area contributed by atoms with Crippen LogP contribution in [0.25, 0.3) is 0 Å². The number of nitrogens with one attached hydrogen (secondary N) is 1. The lowest BCUT2D eigenvalue weighted by molar-refractivity contribution is 0.0921. The van der Waals surface area contributed by atoms with Crippen LogP contribution in [-0.4, -0.2) is 41.1 Å². The van der Waals surface area contributed by atoms with Crippen molar-refractivity contribution >= 4 is 35.2 Å². The van der Waals surface area contributed by atoms with Gasteiger partial charge in [-0.25, -0.2) is 4.79 Å². The van der Waals surface area contributed by atoms with E-state index in [2.05, 4.69) is 5.32 Å². The van der Waals surface area contributed by atoms with Gasteiger partial charge in [0, 0.05) is 19.0 Å². The van der Waals surface area contributed by atoms with Crippen molar-refractivity contribution in [1.29, 1.82) is 0 Å². The van der Waals surface area contributed by atoms with Gasteiger partial charge in [-0.2, -0.15) is 0 Å². The third-order valence-corrected chi connectivity index (χ3v) is 4.46. The number of hydrogen-bond acceptors (Lipinski definition) is 2. The highest BCUT2D eigenvalue weighted by atomic mass is 35.5. The molecule has 0 saturated carbocycles. The van der Waals surface area contributed by atoms with E-state index in [1.165, 1.54) is 4.90 Å². The summed E-state index contributed by atoms with van der Waals surface area (Å²) < 4.78 is 0. The Morgan fingerprint density at radius 1 is 1.37 bits per heavy atom. The lowest BCUT2D eigenvalue weighted by atomic mass is 9.86. The first-order valence-corrected chi connectivity index (χ1v) is 6.51. The van der Waals surface area contributed by atoms with Crippen LogP contribution in [0.15, 0.2) is 12.1 Å². The van der Waals surface area contributed by atoms with E-state index in [0.717, 1.165) is 5.56 Å². The molecular formula is C12H10Cl2N2O3. The molecule has 1 fully saturated rings. The molecule has 1 aromatic carbocycles. The minimum absolute atomic E-state index is 0.0708. The molecular weight excluding hydrogens is 291 g/mol. The maximum Gasteiger partial charge on any atom is 0.407 e. The summed E-state index contributed by atoms with van der Waals surface area (Å²) in [5, 5.41) is 12.4. The quantitative estimate of drug-likeness (QED) is 0.771. The van der Waals surface area contributed by atoms with Crippen LogP contribution in [0.3, 0.4) is 0 Å². The van der Waals surface area contributed by atoms with Gasteiger partial charge in [0.2, 0.25) is 0 Å². The molecule has 5 nitrogen and oxygen atoms in total. The molecule has 0 aliphatic carbocycles. The van der Waals surface area contributed by atoms with E-state index < -0.39 is 6.09 Å². The predicted octanol–water partition coefficient (Wildman–Crippen LogP) is 2.18. The van der Waals surface area contributed by atoms with E-state index >= 15 is 0 Å². The smallest absolute Gasteiger partial charge is 0.407 e. The van der Waals surface area contributed by atoms with E-state index in [1.807, 2.05) is 0 Å². The van der Waals surface area contributed by atoms with Crippen LogP contribution >= 0.6 is 23.2 Å². The molecule has 2 N–H and O–H groups in total. The van der Waals surface area contributed by atoms with Gasteiger partial charge in [-0.05, 0) is 11.6 Å². The van der Waals surface area contributed by atoms with Crippen LogP contribution in [0.1, 0.15) is 21.8 Å². The van der Waals surface area contributed by atoms with Gasteiger partial charge in [-0.3, -0.25) is 4.79 Å². The van der Waals surface area contributed by atoms with Crippen molar-refractivity contribution in [3.8, 4) is 0 Å². The first-order valence-electron chi connectivity index (χ1n) is 5.75. The Kier molecular flexibility index (Phi) is 2.83. The molecule has 1 saturated heterocycles. The topological polar surface area (TPSA) is 69.6 Å². The summed E-state index contributed by atoms with van der Waals surface area (Å²) in [4.78, 5) is 24.4. The van der Waals surface area contributed by atoms with Crippen LogP contribution in [0.2, 0.25) is 10.0 Å². The summed E-state index contributed by atoms with van der Waals surface area (Å²) in [6.45, 7) is 0.649. The van der Waals surface area contributed by atoms with Gasteiger partial charge in [-0.15, -0.1) is 0 Å². The van der Waals surface area contributed by atoms with Crippen molar-refractivity contribution < 1.29 is 14.7 Å². The predicted molar refractivity (Wildman–Crippen MR) is 70.1 cm³/mol. The molecule has 2 amide bonds. The Balaban J connectivity index is 2.07. The van der Waals surface area contributed by atoms with Crippen molar-refractivity contribution in [2.75, 3.05) is 13.1 Å². The monoisotopic (exact) mass is 300 g/mol. The second kappa shape index (κ2) is 4.28. The van der Waals surface area contributed by atoms with Crippen LogP contribution in [-0.2, 0) is 0 Å². The lowest BCUT2D eigenvalue weighted by Crippen LogP contribution is -2.44. The van der Waals surface area contributed by atoms with Crippen molar-refractivity contribution in [3.05, 3.63) is 33.3 Å². The first kappa shape index (κ1) is 12.6. The van der Waals surface area contributed by atoms with Gasteiger partial charge < -0.3 is 15.3 Å². The Morgan fingerprint density at radius 3 is 2.79 bits per heavy atom. The minimum atomic E-state index is -0.981. The Bertz CT molecular complexity index is 591. The molecule has 19 heavy (non-hydrogen) atoms. The second-order valence-corrected chi connectivity index (χ2v) is 5.48. The molecule has 2 atom stereocenters. The van der Waals surface area contributed by atoms with Gasteiger partial charge in [0.1, 0.15) is 0 Å². The summed E-state index contributed by atoms with van der Waals surface area (Å²) in [7, 11) is 0. The summed E-state index contributed by atoms with van der Waals surface area (Å²) >= 11 is 12.0. The maximum absolute atomic E-state index is 12.1. The van der Waals surface area contributed by atoms with E-state index in [1.54, 1.807) is 12.1 Å². The number of halogens is 2. The molecule has 2 unspecified atom stereocenters. The number of carbonyl (C=O) groups excluding carboxylic acids is 1. The minimum Gasteiger partial charge on any atom is -0.465 e. The molecule has 1 aromatic rings. The summed E-state index contributed by atoms with van der Waals surface area (Å²) in [6, 6.07) is 3.20. The number of carboxylic acid groups (broad SMARTS) is 1. The summed E-state index contributed by atoms with van der Waals surface area (Å²) in [5.41, 5.74) is 1.13. The number of benzene rings is 1. The van der Waals surface area contributed by atoms with Crippen molar-refractivity contribution in [3.63, 3.8) is 0 Å². The zero-order chi connectivity index (χ0) is 13.7. The fraction of sp³-hybridized carbons (Fsp3) is 0.333. The number of hydrogen-bond donors (Lipinski definition) is 2. The van der Waals surface area contributed by atoms with Crippen LogP contribution in [0, 0.1) is 0 Å². The number of rotatable bonds is 0. The third-order valence-electron chi connectivity index (χ3n) is 3.66. The van der Waals surface area contributed by atoms with Crippen LogP contribution in [0.4, 0.5) is 4.79 Å². The molecule has 0 radical (unpaired) electrons. The molecule has 100 valence electrons. The molecule has 0 spiro atoms. The van der Waals surface area contributed by atoms with Crippen molar-refractivity contribution in [2.24, 2.45) is 0 Å². The highest BCUT2D eigenvalue weighted by Crippen LogP contribution is 2.39. The Hall–Kier alpha value is -1.46. The molecule has 3 rings (SSSR count). The molecule has 2 aliphatic heterocycles. The van der Waals surface area contributed by atoms with Gasteiger partial charge in [-0.1, -0.05) is 29.3 Å². The average molecular weight is 301 g/mol. The Labute approximate surface area is 119 Å². The van der Waals surface area contributed by atoms with Crippen LogP contribution < -0.4 is 5.32 Å². The van der Waals surface area contributed by atoms with E-state index in [-0.39, 0.29) is 22.9 Å². The van der Waals surface area contributed by atoms with Gasteiger partial charge in [0.25, 0.3) is 5.91 Å². The molecule has 2 aliphatic rings. The lowest BCUT2D eigenvalue weighted by Gasteiger charge is -2.28. The van der Waals surface area contributed by atoms with Crippen molar-refractivity contribution in [2.45, 2.75) is 12.0 Å². The van der Waals surface area contributed by atoms with E-state index in [4.69, 9.17) is 28.3 Å². The average Bonchev–Trinajstić information content (AvgIpc) is 2.77. The number of amides is 2. The molecule has 2 heterocycles. The SMILES string of the molecule is O=C1NC2CN(C(=O)O)CC2c2ccc(Cl)c(Cl)c21. The molecule has 0 aromatic heterocycles. The number of likely N-dealkylation sites (tertiary alicyclic amines) is 1. The highest BCUT2D eigenvalue weighted by molar-refractivity contribution is 6.44. The highest BCUT2D eigenvalue weighted by Gasteiger charge is 2.42. The normalized spacial score (nSPS) is 24.7. The fourth-order valence-corrected chi connectivity index (χ4v) is 3.18. The van der Waals surface area contributed by atoms with Crippen LogP contribution in [0.5, 0.6) is 0 Å². The first-order chi connectivity index (χ1) is 8.99. The second-order valence-electron chi connectivity index (χ2n) is 4.70. The molecule has 7 heteroatoms. The molecule has 0 bridgehead atoms. The van der Waals surface area contributed by atoms with Crippen molar-refractivity contribution in [1.82, 2.24) is 10.2 Å². The number of nitrogens with zero attached hydrogens (tertiary/aromatic N) is 1. The number of carbonyl (C=O) groups is 2. The zero-order valence-corrected chi connectivity index (χ0v) is 11.2.